The second kappa shape index (κ2) is 12.0. The lowest BCUT2D eigenvalue weighted by Gasteiger charge is -2.16. The van der Waals surface area contributed by atoms with Crippen LogP contribution >= 0.6 is 0 Å². The summed E-state index contributed by atoms with van der Waals surface area (Å²) in [6.45, 7) is 5.99. The summed E-state index contributed by atoms with van der Waals surface area (Å²) in [7, 11) is 0. The van der Waals surface area contributed by atoms with Crippen LogP contribution in [0.4, 0.5) is 0 Å². The summed E-state index contributed by atoms with van der Waals surface area (Å²) >= 11 is 0. The Hall–Kier alpha value is -4.39. The number of hydrogen-bond acceptors (Lipinski definition) is 5. The van der Waals surface area contributed by atoms with Gasteiger partial charge < -0.3 is 14.7 Å². The van der Waals surface area contributed by atoms with E-state index in [2.05, 4.69) is 10.3 Å². The van der Waals surface area contributed by atoms with E-state index < -0.39 is 11.9 Å². The number of rotatable bonds is 11. The Bertz CT molecular complexity index is 1330. The molecule has 4 rings (SSSR count). The van der Waals surface area contributed by atoms with E-state index in [0.717, 1.165) is 28.1 Å². The van der Waals surface area contributed by atoms with E-state index in [9.17, 15) is 9.90 Å². The standard InChI is InChI=1S/C30H31N3O4/c1-21(32-36-20-25-10-6-4-7-11-25)28(30(34)35)18-24-14-16-27(17-15-24)37-23(3)29-19-31-33(22(29)2)26-12-8-5-9-13-26/h4-17,19,23,28H,18,20H2,1-3H3,(H,34,35)/b32-21+. The molecule has 4 aromatic rings. The number of hydrogen-bond donors (Lipinski definition) is 1. The fraction of sp³-hybridized carbons (Fsp3) is 0.233. The van der Waals surface area contributed by atoms with Crippen LogP contribution in [-0.2, 0) is 22.7 Å². The Labute approximate surface area is 217 Å². The second-order valence-corrected chi connectivity index (χ2v) is 8.92. The maximum absolute atomic E-state index is 11.9. The minimum Gasteiger partial charge on any atom is -0.486 e. The minimum atomic E-state index is -0.940. The first-order valence-electron chi connectivity index (χ1n) is 12.2. The highest BCUT2D eigenvalue weighted by Gasteiger charge is 2.22. The number of aliphatic carboxylic acids is 1. The van der Waals surface area contributed by atoms with Gasteiger partial charge in [0.1, 0.15) is 24.4 Å². The predicted molar refractivity (Wildman–Crippen MR) is 143 cm³/mol. The van der Waals surface area contributed by atoms with Crippen molar-refractivity contribution in [3.05, 3.63) is 114 Å². The van der Waals surface area contributed by atoms with Crippen LogP contribution in [0.2, 0.25) is 0 Å². The fourth-order valence-corrected chi connectivity index (χ4v) is 4.12. The van der Waals surface area contributed by atoms with E-state index >= 15 is 0 Å². The Morgan fingerprint density at radius 1 is 0.973 bits per heavy atom. The normalized spacial score (nSPS) is 13.1. The molecule has 0 bridgehead atoms. The predicted octanol–water partition coefficient (Wildman–Crippen LogP) is 6.16. The molecule has 2 atom stereocenters. The molecule has 37 heavy (non-hydrogen) atoms. The monoisotopic (exact) mass is 497 g/mol. The van der Waals surface area contributed by atoms with Gasteiger partial charge in [0.15, 0.2) is 0 Å². The third kappa shape index (κ3) is 6.64. The molecule has 0 spiro atoms. The number of nitrogens with zero attached hydrogens (tertiary/aromatic N) is 3. The molecule has 0 saturated heterocycles. The van der Waals surface area contributed by atoms with Crippen molar-refractivity contribution >= 4 is 11.7 Å². The number of carboxylic acids is 1. The van der Waals surface area contributed by atoms with Gasteiger partial charge in [-0.05, 0) is 62.6 Å². The SMILES string of the molecule is C/C(=N\OCc1ccccc1)C(Cc1ccc(OC(C)c2cnn(-c3ccccc3)c2C)cc1)C(=O)O. The van der Waals surface area contributed by atoms with E-state index in [1.807, 2.05) is 110 Å². The lowest BCUT2D eigenvalue weighted by atomic mass is 9.95. The van der Waals surface area contributed by atoms with Crippen molar-refractivity contribution in [2.24, 2.45) is 11.1 Å². The molecule has 1 aromatic heterocycles. The Balaban J connectivity index is 1.37. The van der Waals surface area contributed by atoms with Gasteiger partial charge in [-0.3, -0.25) is 4.79 Å². The molecule has 7 heteroatoms. The van der Waals surface area contributed by atoms with E-state index in [1.54, 1.807) is 6.92 Å². The van der Waals surface area contributed by atoms with Crippen LogP contribution < -0.4 is 4.74 Å². The van der Waals surface area contributed by atoms with E-state index in [0.29, 0.717) is 24.5 Å². The van der Waals surface area contributed by atoms with Crippen molar-refractivity contribution in [3.8, 4) is 11.4 Å². The first-order chi connectivity index (χ1) is 17.9. The molecule has 0 saturated carbocycles. The van der Waals surface area contributed by atoms with E-state index in [4.69, 9.17) is 9.57 Å². The van der Waals surface area contributed by atoms with Crippen molar-refractivity contribution in [2.45, 2.75) is 39.9 Å². The van der Waals surface area contributed by atoms with Gasteiger partial charge in [-0.2, -0.15) is 5.10 Å². The Kier molecular flexibility index (Phi) is 8.36. The van der Waals surface area contributed by atoms with E-state index in [-0.39, 0.29) is 6.10 Å². The molecule has 0 aliphatic rings. The third-order valence-electron chi connectivity index (χ3n) is 6.25. The van der Waals surface area contributed by atoms with Crippen LogP contribution in [-0.4, -0.2) is 26.6 Å². The van der Waals surface area contributed by atoms with Gasteiger partial charge in [0, 0.05) is 11.3 Å². The van der Waals surface area contributed by atoms with Crippen molar-refractivity contribution in [3.63, 3.8) is 0 Å². The van der Waals surface area contributed by atoms with Gasteiger partial charge in [0.05, 0.1) is 17.6 Å². The second-order valence-electron chi connectivity index (χ2n) is 8.92. The average molecular weight is 498 g/mol. The summed E-state index contributed by atoms with van der Waals surface area (Å²) in [5.41, 5.74) is 5.28. The highest BCUT2D eigenvalue weighted by Crippen LogP contribution is 2.26. The molecule has 0 fully saturated rings. The Morgan fingerprint density at radius 3 is 2.27 bits per heavy atom. The molecule has 1 N–H and O–H groups in total. The number of carboxylic acid groups (broad SMARTS) is 1. The zero-order chi connectivity index (χ0) is 26.2. The molecule has 190 valence electrons. The molecule has 0 aliphatic carbocycles. The first kappa shape index (κ1) is 25.7. The van der Waals surface area contributed by atoms with E-state index in [1.165, 1.54) is 0 Å². The molecule has 3 aromatic carbocycles. The maximum Gasteiger partial charge on any atom is 0.312 e. The molecular weight excluding hydrogens is 466 g/mol. The lowest BCUT2D eigenvalue weighted by Crippen LogP contribution is -2.24. The summed E-state index contributed by atoms with van der Waals surface area (Å²) in [6, 6.07) is 27.1. The smallest absolute Gasteiger partial charge is 0.312 e. The zero-order valence-electron chi connectivity index (χ0n) is 21.2. The van der Waals surface area contributed by atoms with Crippen molar-refractivity contribution < 1.29 is 19.5 Å². The highest BCUT2D eigenvalue weighted by molar-refractivity contribution is 6.00. The molecule has 0 aliphatic heterocycles. The van der Waals surface area contributed by atoms with Gasteiger partial charge in [-0.25, -0.2) is 4.68 Å². The summed E-state index contributed by atoms with van der Waals surface area (Å²) in [6.07, 6.45) is 1.94. The molecule has 7 nitrogen and oxygen atoms in total. The van der Waals surface area contributed by atoms with Crippen LogP contribution in [0.15, 0.2) is 96.3 Å². The van der Waals surface area contributed by atoms with Crippen LogP contribution in [0.5, 0.6) is 5.75 Å². The van der Waals surface area contributed by atoms with Crippen LogP contribution in [0, 0.1) is 12.8 Å². The topological polar surface area (TPSA) is 85.9 Å². The number of carbonyl (C=O) groups is 1. The third-order valence-corrected chi connectivity index (χ3v) is 6.25. The van der Waals surface area contributed by atoms with Gasteiger partial charge in [-0.15, -0.1) is 0 Å². The maximum atomic E-state index is 11.9. The summed E-state index contributed by atoms with van der Waals surface area (Å²) < 4.78 is 8.07. The van der Waals surface area contributed by atoms with Gasteiger partial charge in [-0.1, -0.05) is 65.8 Å². The number of aromatic nitrogens is 2. The fourth-order valence-electron chi connectivity index (χ4n) is 4.12. The summed E-state index contributed by atoms with van der Waals surface area (Å²) in [5.74, 6) is -1.02. The summed E-state index contributed by atoms with van der Waals surface area (Å²) in [4.78, 5) is 17.3. The van der Waals surface area contributed by atoms with Gasteiger partial charge in [0.25, 0.3) is 0 Å². The number of para-hydroxylation sites is 1. The molecule has 0 amide bonds. The molecule has 1 heterocycles. The largest absolute Gasteiger partial charge is 0.486 e. The number of benzene rings is 3. The lowest BCUT2D eigenvalue weighted by molar-refractivity contribution is -0.139. The van der Waals surface area contributed by atoms with Crippen LogP contribution in [0.3, 0.4) is 0 Å². The van der Waals surface area contributed by atoms with Crippen LogP contribution in [0.25, 0.3) is 5.69 Å². The van der Waals surface area contributed by atoms with Crippen molar-refractivity contribution in [1.82, 2.24) is 9.78 Å². The minimum absolute atomic E-state index is 0.203. The van der Waals surface area contributed by atoms with Crippen molar-refractivity contribution in [1.29, 1.82) is 0 Å². The number of ether oxygens (including phenoxy) is 1. The zero-order valence-corrected chi connectivity index (χ0v) is 21.2. The molecule has 2 unspecified atom stereocenters. The molecule has 0 radical (unpaired) electrons. The quantitative estimate of drug-likeness (QED) is 0.198. The first-order valence-corrected chi connectivity index (χ1v) is 12.2. The molecular formula is C30H31N3O4. The van der Waals surface area contributed by atoms with Crippen LogP contribution in [0.1, 0.15) is 42.3 Å². The highest BCUT2D eigenvalue weighted by atomic mass is 16.6. The van der Waals surface area contributed by atoms with Gasteiger partial charge in [0.2, 0.25) is 0 Å². The van der Waals surface area contributed by atoms with Gasteiger partial charge >= 0.3 is 5.97 Å². The van der Waals surface area contributed by atoms with Crippen molar-refractivity contribution in [2.75, 3.05) is 0 Å². The number of oxime groups is 1. The Morgan fingerprint density at radius 2 is 1.62 bits per heavy atom. The average Bonchev–Trinajstić information content (AvgIpc) is 3.30. The summed E-state index contributed by atoms with van der Waals surface area (Å²) in [5, 5.41) is 18.4.